The molecule has 5 nitrogen and oxygen atoms in total. The highest BCUT2D eigenvalue weighted by Gasteiger charge is 2.34. The second kappa shape index (κ2) is 6.82. The second-order valence-corrected chi connectivity index (χ2v) is 7.13. The predicted octanol–water partition coefficient (Wildman–Crippen LogP) is 3.24. The van der Waals surface area contributed by atoms with Crippen molar-refractivity contribution in [3.05, 3.63) is 17.0 Å². The van der Waals surface area contributed by atoms with Crippen molar-refractivity contribution in [1.82, 2.24) is 15.1 Å². The van der Waals surface area contributed by atoms with Crippen molar-refractivity contribution in [2.24, 2.45) is 5.41 Å². The molecule has 0 aromatic carbocycles. The first kappa shape index (κ1) is 18.7. The van der Waals surface area contributed by atoms with Crippen molar-refractivity contribution in [3.63, 3.8) is 0 Å². The number of nitrogens with one attached hydrogen (secondary N) is 1. The first-order valence-electron chi connectivity index (χ1n) is 8.08. The van der Waals surface area contributed by atoms with Crippen LogP contribution in [0.1, 0.15) is 64.4 Å². The highest BCUT2D eigenvalue weighted by Crippen LogP contribution is 2.26. The summed E-state index contributed by atoms with van der Waals surface area (Å²) in [6.07, 6.45) is 1.26. The van der Waals surface area contributed by atoms with E-state index >= 15 is 0 Å². The first-order valence-corrected chi connectivity index (χ1v) is 8.08. The van der Waals surface area contributed by atoms with E-state index in [1.54, 1.807) is 0 Å². The monoisotopic (exact) mass is 309 g/mol. The maximum atomic E-state index is 11.5. The lowest BCUT2D eigenvalue weighted by Crippen LogP contribution is -2.40. The molecule has 126 valence electrons. The van der Waals surface area contributed by atoms with E-state index in [0.717, 1.165) is 11.4 Å². The molecular weight excluding hydrogens is 278 g/mol. The zero-order valence-electron chi connectivity index (χ0n) is 15.1. The van der Waals surface area contributed by atoms with Crippen LogP contribution < -0.4 is 5.32 Å². The van der Waals surface area contributed by atoms with Gasteiger partial charge in [-0.3, -0.25) is 9.48 Å². The van der Waals surface area contributed by atoms with Crippen LogP contribution in [0.15, 0.2) is 0 Å². The Hall–Kier alpha value is -1.36. The first-order chi connectivity index (χ1) is 10.1. The van der Waals surface area contributed by atoms with Crippen LogP contribution in [0, 0.1) is 19.3 Å². The van der Waals surface area contributed by atoms with Crippen molar-refractivity contribution in [2.75, 3.05) is 6.54 Å². The number of carboxylic acid groups (broad SMARTS) is 1. The molecule has 1 heterocycles. The Labute approximate surface area is 134 Å². The molecule has 0 amide bonds. The molecular formula is C17H31N3O2. The Morgan fingerprint density at radius 2 is 1.77 bits per heavy atom. The summed E-state index contributed by atoms with van der Waals surface area (Å²) in [4.78, 5) is 11.5. The summed E-state index contributed by atoms with van der Waals surface area (Å²) in [5.41, 5.74) is 2.59. The number of nitrogens with zero attached hydrogens (tertiary/aromatic N) is 2. The van der Waals surface area contributed by atoms with Crippen LogP contribution in [0.2, 0.25) is 0 Å². The van der Waals surface area contributed by atoms with Gasteiger partial charge < -0.3 is 10.4 Å². The van der Waals surface area contributed by atoms with Crippen molar-refractivity contribution in [2.45, 2.75) is 73.4 Å². The van der Waals surface area contributed by atoms with Gasteiger partial charge in [0.25, 0.3) is 0 Å². The van der Waals surface area contributed by atoms with Crippen LogP contribution in [0.25, 0.3) is 0 Å². The fourth-order valence-corrected chi connectivity index (χ4v) is 2.89. The van der Waals surface area contributed by atoms with Crippen molar-refractivity contribution >= 4 is 5.97 Å². The number of aliphatic carboxylic acids is 1. The van der Waals surface area contributed by atoms with Crippen LogP contribution in [-0.4, -0.2) is 27.4 Å². The summed E-state index contributed by atoms with van der Waals surface area (Å²) in [7, 11) is 0. The summed E-state index contributed by atoms with van der Waals surface area (Å²) in [5, 5.41) is 17.5. The average molecular weight is 309 g/mol. The molecule has 0 atom stereocenters. The van der Waals surface area contributed by atoms with Crippen molar-refractivity contribution in [3.8, 4) is 0 Å². The zero-order valence-corrected chi connectivity index (χ0v) is 15.1. The third-order valence-electron chi connectivity index (χ3n) is 4.65. The van der Waals surface area contributed by atoms with Gasteiger partial charge in [0, 0.05) is 24.3 Å². The summed E-state index contributed by atoms with van der Waals surface area (Å²) in [5.74, 6) is -0.719. The molecule has 1 aromatic rings. The van der Waals surface area contributed by atoms with Gasteiger partial charge in [-0.1, -0.05) is 13.8 Å². The van der Waals surface area contributed by atoms with Crippen LogP contribution in [-0.2, 0) is 16.9 Å². The Morgan fingerprint density at radius 1 is 1.23 bits per heavy atom. The van der Waals surface area contributed by atoms with Crippen LogP contribution in [0.4, 0.5) is 0 Å². The second-order valence-electron chi connectivity index (χ2n) is 7.13. The Morgan fingerprint density at radius 3 is 2.14 bits per heavy atom. The molecule has 0 saturated heterocycles. The largest absolute Gasteiger partial charge is 0.481 e. The average Bonchev–Trinajstić information content (AvgIpc) is 2.71. The number of aryl methyl sites for hydroxylation is 1. The molecule has 0 aliphatic heterocycles. The predicted molar refractivity (Wildman–Crippen MR) is 89.1 cm³/mol. The number of hydrogen-bond donors (Lipinski definition) is 2. The van der Waals surface area contributed by atoms with Gasteiger partial charge in [0.05, 0.1) is 16.6 Å². The van der Waals surface area contributed by atoms with E-state index in [1.807, 2.05) is 25.5 Å². The Bertz CT molecular complexity index is 523. The molecule has 5 heteroatoms. The molecule has 0 fully saturated rings. The SMILES string of the molecule is CCC(CC)(CNCc1c(C)nn(C(C)(C)C)c1C)C(=O)O. The van der Waals surface area contributed by atoms with Gasteiger partial charge >= 0.3 is 5.97 Å². The molecule has 2 N–H and O–H groups in total. The lowest BCUT2D eigenvalue weighted by atomic mass is 9.82. The van der Waals surface area contributed by atoms with Gasteiger partial charge in [0.1, 0.15) is 0 Å². The van der Waals surface area contributed by atoms with E-state index in [0.29, 0.717) is 25.9 Å². The van der Waals surface area contributed by atoms with E-state index in [9.17, 15) is 9.90 Å². The van der Waals surface area contributed by atoms with Crippen LogP contribution >= 0.6 is 0 Å². The van der Waals surface area contributed by atoms with Gasteiger partial charge in [0.2, 0.25) is 0 Å². The van der Waals surface area contributed by atoms with Gasteiger partial charge in [-0.05, 0) is 47.5 Å². The number of carboxylic acids is 1. The molecule has 0 bridgehead atoms. The summed E-state index contributed by atoms with van der Waals surface area (Å²) in [6.45, 7) is 15.5. The van der Waals surface area contributed by atoms with Crippen molar-refractivity contribution in [1.29, 1.82) is 0 Å². The third kappa shape index (κ3) is 3.69. The topological polar surface area (TPSA) is 67.2 Å². The summed E-state index contributed by atoms with van der Waals surface area (Å²) < 4.78 is 2.05. The fraction of sp³-hybridized carbons (Fsp3) is 0.765. The zero-order chi connectivity index (χ0) is 17.1. The minimum Gasteiger partial charge on any atom is -0.481 e. The third-order valence-corrected chi connectivity index (χ3v) is 4.65. The number of carbonyl (C=O) groups is 1. The lowest BCUT2D eigenvalue weighted by Gasteiger charge is -2.27. The highest BCUT2D eigenvalue weighted by atomic mass is 16.4. The smallest absolute Gasteiger partial charge is 0.310 e. The fourth-order valence-electron chi connectivity index (χ4n) is 2.89. The molecule has 0 spiro atoms. The summed E-state index contributed by atoms with van der Waals surface area (Å²) >= 11 is 0. The summed E-state index contributed by atoms with van der Waals surface area (Å²) in [6, 6.07) is 0. The quantitative estimate of drug-likeness (QED) is 0.811. The molecule has 1 aromatic heterocycles. The Kier molecular flexibility index (Phi) is 5.79. The number of rotatable bonds is 7. The molecule has 22 heavy (non-hydrogen) atoms. The molecule has 0 radical (unpaired) electrons. The lowest BCUT2D eigenvalue weighted by molar-refractivity contribution is -0.149. The van der Waals surface area contributed by atoms with E-state index in [2.05, 4.69) is 38.1 Å². The standard InChI is InChI=1S/C17H31N3O2/c1-8-17(9-2,15(21)22)11-18-10-14-12(3)19-20(13(14)4)16(5,6)7/h18H,8-11H2,1-7H3,(H,21,22). The van der Waals surface area contributed by atoms with E-state index < -0.39 is 11.4 Å². The molecule has 1 rings (SSSR count). The van der Waals surface area contributed by atoms with Gasteiger partial charge in [-0.15, -0.1) is 0 Å². The van der Waals surface area contributed by atoms with Crippen LogP contribution in [0.3, 0.4) is 0 Å². The van der Waals surface area contributed by atoms with Gasteiger partial charge in [0.15, 0.2) is 0 Å². The van der Waals surface area contributed by atoms with E-state index in [-0.39, 0.29) is 5.54 Å². The molecule has 0 aliphatic carbocycles. The molecule has 0 saturated carbocycles. The van der Waals surface area contributed by atoms with Gasteiger partial charge in [-0.2, -0.15) is 5.10 Å². The number of aromatic nitrogens is 2. The van der Waals surface area contributed by atoms with Crippen molar-refractivity contribution < 1.29 is 9.90 Å². The normalized spacial score (nSPS) is 12.7. The highest BCUT2D eigenvalue weighted by molar-refractivity contribution is 5.74. The van der Waals surface area contributed by atoms with E-state index in [4.69, 9.17) is 0 Å². The van der Waals surface area contributed by atoms with Gasteiger partial charge in [-0.25, -0.2) is 0 Å². The van der Waals surface area contributed by atoms with Crippen LogP contribution in [0.5, 0.6) is 0 Å². The Balaban J connectivity index is 2.86. The number of hydrogen-bond acceptors (Lipinski definition) is 3. The maximum Gasteiger partial charge on any atom is 0.310 e. The molecule has 0 unspecified atom stereocenters. The minimum atomic E-state index is -0.719. The molecule has 0 aliphatic rings. The minimum absolute atomic E-state index is 0.0508. The van der Waals surface area contributed by atoms with E-state index in [1.165, 1.54) is 5.56 Å². The maximum absolute atomic E-state index is 11.5.